The zero-order valence-corrected chi connectivity index (χ0v) is 15.5. The summed E-state index contributed by atoms with van der Waals surface area (Å²) in [4.78, 5) is 34.5. The molecule has 28 heavy (non-hydrogen) atoms. The predicted octanol–water partition coefficient (Wildman–Crippen LogP) is 2.22. The maximum absolute atomic E-state index is 12.3. The van der Waals surface area contributed by atoms with Gasteiger partial charge in [0.15, 0.2) is 5.76 Å². The number of carbonyl (C=O) groups excluding carboxylic acids is 2. The number of hydrogen-bond acceptors (Lipinski definition) is 7. The summed E-state index contributed by atoms with van der Waals surface area (Å²) in [5.41, 5.74) is 5.88. The number of furan rings is 1. The molecule has 0 radical (unpaired) electrons. The Balaban J connectivity index is 1.88. The summed E-state index contributed by atoms with van der Waals surface area (Å²) in [5.74, 6) is 4.69. The molecule has 10 nitrogen and oxygen atoms in total. The molecule has 1 heterocycles. The highest BCUT2D eigenvalue weighted by Gasteiger charge is 2.28. The molecule has 1 aliphatic carbocycles. The number of hydrazine groups is 1. The molecule has 0 saturated heterocycles. The van der Waals surface area contributed by atoms with Crippen LogP contribution in [-0.2, 0) is 6.42 Å². The standard InChI is InChI=1S/C17H16ClN5O5/c1-8-14-11(3-2-4-13(14)28-15(8)17(25)20-19)21-22-16(24)9-5-6-10(18)12(7-9)23(26)27/h5-7H,2-4,19H2,1H3,(H,20,25)(H,22,24)/b21-11+. The van der Waals surface area contributed by atoms with Gasteiger partial charge in [-0.1, -0.05) is 11.6 Å². The number of nitrogens with one attached hydrogen (secondary N) is 2. The Morgan fingerprint density at radius 2 is 2.07 bits per heavy atom. The molecule has 1 aliphatic rings. The highest BCUT2D eigenvalue weighted by Crippen LogP contribution is 2.30. The van der Waals surface area contributed by atoms with Gasteiger partial charge in [0.1, 0.15) is 10.8 Å². The lowest BCUT2D eigenvalue weighted by molar-refractivity contribution is -0.384. The molecule has 0 spiro atoms. The number of rotatable bonds is 4. The number of aryl methyl sites for hydroxylation is 1. The average molecular weight is 406 g/mol. The molecule has 2 amide bonds. The smallest absolute Gasteiger partial charge is 0.301 e. The first-order valence-electron chi connectivity index (χ1n) is 8.28. The van der Waals surface area contributed by atoms with Crippen LogP contribution in [0.1, 0.15) is 50.6 Å². The molecule has 1 aromatic carbocycles. The van der Waals surface area contributed by atoms with E-state index in [9.17, 15) is 19.7 Å². The van der Waals surface area contributed by atoms with Gasteiger partial charge >= 0.3 is 5.91 Å². The first-order chi connectivity index (χ1) is 13.3. The minimum absolute atomic E-state index is 0.0450. The fraction of sp³-hybridized carbons (Fsp3) is 0.235. The average Bonchev–Trinajstić information content (AvgIpc) is 3.03. The summed E-state index contributed by atoms with van der Waals surface area (Å²) in [6.07, 6.45) is 1.92. The molecule has 0 aliphatic heterocycles. The number of amides is 2. The van der Waals surface area contributed by atoms with E-state index in [-0.39, 0.29) is 22.0 Å². The van der Waals surface area contributed by atoms with Crippen LogP contribution < -0.4 is 16.7 Å². The van der Waals surface area contributed by atoms with Crippen LogP contribution in [0.25, 0.3) is 0 Å². The van der Waals surface area contributed by atoms with E-state index in [0.29, 0.717) is 35.4 Å². The van der Waals surface area contributed by atoms with Crippen molar-refractivity contribution in [1.29, 1.82) is 0 Å². The van der Waals surface area contributed by atoms with Crippen molar-refractivity contribution in [2.75, 3.05) is 0 Å². The van der Waals surface area contributed by atoms with E-state index in [4.69, 9.17) is 21.9 Å². The van der Waals surface area contributed by atoms with Crippen molar-refractivity contribution in [2.24, 2.45) is 10.9 Å². The lowest BCUT2D eigenvalue weighted by atomic mass is 9.93. The third-order valence-corrected chi connectivity index (χ3v) is 4.68. The van der Waals surface area contributed by atoms with Gasteiger partial charge in [-0.3, -0.25) is 25.1 Å². The maximum Gasteiger partial charge on any atom is 0.301 e. The van der Waals surface area contributed by atoms with Crippen LogP contribution in [0.4, 0.5) is 5.69 Å². The second kappa shape index (κ2) is 7.79. The van der Waals surface area contributed by atoms with Crippen LogP contribution in [0.2, 0.25) is 5.02 Å². The van der Waals surface area contributed by atoms with Crippen molar-refractivity contribution in [1.82, 2.24) is 10.9 Å². The summed E-state index contributed by atoms with van der Waals surface area (Å²) in [5, 5.41) is 15.1. The van der Waals surface area contributed by atoms with Gasteiger partial charge in [-0.05, 0) is 31.9 Å². The fourth-order valence-corrected chi connectivity index (χ4v) is 3.23. The number of fused-ring (bicyclic) bond motifs is 1. The second-order valence-electron chi connectivity index (χ2n) is 6.10. The summed E-state index contributed by atoms with van der Waals surface area (Å²) in [6, 6.07) is 3.72. The quantitative estimate of drug-likeness (QED) is 0.307. The Morgan fingerprint density at radius 3 is 2.75 bits per heavy atom. The number of nitro groups is 1. The van der Waals surface area contributed by atoms with Gasteiger partial charge in [-0.2, -0.15) is 5.10 Å². The second-order valence-corrected chi connectivity index (χ2v) is 6.51. The highest BCUT2D eigenvalue weighted by atomic mass is 35.5. The zero-order valence-electron chi connectivity index (χ0n) is 14.7. The molecule has 0 unspecified atom stereocenters. The molecule has 0 saturated carbocycles. The maximum atomic E-state index is 12.3. The lowest BCUT2D eigenvalue weighted by Crippen LogP contribution is -2.30. The summed E-state index contributed by atoms with van der Waals surface area (Å²) in [7, 11) is 0. The van der Waals surface area contributed by atoms with Crippen LogP contribution in [0.3, 0.4) is 0 Å². The number of nitro benzene ring substituents is 1. The van der Waals surface area contributed by atoms with E-state index in [1.807, 2.05) is 5.43 Å². The Kier molecular flexibility index (Phi) is 5.43. The van der Waals surface area contributed by atoms with Gasteiger partial charge in [0.05, 0.1) is 10.6 Å². The molecule has 2 aromatic rings. The van der Waals surface area contributed by atoms with Gasteiger partial charge in [0.25, 0.3) is 11.6 Å². The number of nitrogen functional groups attached to an aromatic ring is 1. The first-order valence-corrected chi connectivity index (χ1v) is 8.65. The van der Waals surface area contributed by atoms with Crippen LogP contribution in [0, 0.1) is 17.0 Å². The molecule has 0 bridgehead atoms. The number of halogens is 1. The Hall–Kier alpha value is -3.24. The number of carbonyl (C=O) groups is 2. The summed E-state index contributed by atoms with van der Waals surface area (Å²) >= 11 is 5.76. The van der Waals surface area contributed by atoms with Crippen molar-refractivity contribution >= 4 is 34.8 Å². The van der Waals surface area contributed by atoms with Crippen molar-refractivity contribution in [3.63, 3.8) is 0 Å². The van der Waals surface area contributed by atoms with Gasteiger partial charge in [0, 0.05) is 29.2 Å². The third kappa shape index (κ3) is 3.59. The third-order valence-electron chi connectivity index (χ3n) is 4.36. The largest absolute Gasteiger partial charge is 0.455 e. The zero-order chi connectivity index (χ0) is 20.4. The van der Waals surface area contributed by atoms with Crippen LogP contribution in [-0.4, -0.2) is 22.4 Å². The van der Waals surface area contributed by atoms with Crippen molar-refractivity contribution in [2.45, 2.75) is 26.2 Å². The predicted molar refractivity (Wildman–Crippen MR) is 100 cm³/mol. The van der Waals surface area contributed by atoms with Crippen molar-refractivity contribution < 1.29 is 18.9 Å². The van der Waals surface area contributed by atoms with Crippen molar-refractivity contribution in [3.05, 3.63) is 61.5 Å². The first kappa shape index (κ1) is 19.5. The van der Waals surface area contributed by atoms with Gasteiger partial charge in [-0.15, -0.1) is 0 Å². The Labute approximate surface area is 163 Å². The van der Waals surface area contributed by atoms with Gasteiger partial charge in [0.2, 0.25) is 0 Å². The minimum Gasteiger partial charge on any atom is -0.455 e. The monoisotopic (exact) mass is 405 g/mol. The van der Waals surface area contributed by atoms with E-state index >= 15 is 0 Å². The normalized spacial score (nSPS) is 14.5. The topological polar surface area (TPSA) is 153 Å². The molecular formula is C17H16ClN5O5. The highest BCUT2D eigenvalue weighted by molar-refractivity contribution is 6.32. The Morgan fingerprint density at radius 1 is 1.32 bits per heavy atom. The minimum atomic E-state index is -0.669. The van der Waals surface area contributed by atoms with Crippen molar-refractivity contribution in [3.8, 4) is 0 Å². The van der Waals surface area contributed by atoms with Gasteiger partial charge < -0.3 is 4.42 Å². The number of hydrogen-bond donors (Lipinski definition) is 3. The number of benzene rings is 1. The molecular weight excluding hydrogens is 390 g/mol. The molecule has 4 N–H and O–H groups in total. The molecule has 3 rings (SSSR count). The summed E-state index contributed by atoms with van der Waals surface area (Å²) < 4.78 is 5.59. The SMILES string of the molecule is Cc1c(C(=O)NN)oc2c1/C(=N/NC(=O)c1ccc(Cl)c([N+](=O)[O-])c1)CCC2. The molecule has 11 heteroatoms. The molecule has 1 aromatic heterocycles. The van der Waals surface area contributed by atoms with Crippen LogP contribution in [0.15, 0.2) is 27.7 Å². The van der Waals surface area contributed by atoms with Crippen LogP contribution >= 0.6 is 11.6 Å². The number of hydrazone groups is 1. The van der Waals surface area contributed by atoms with E-state index in [2.05, 4.69) is 10.5 Å². The van der Waals surface area contributed by atoms with E-state index in [1.165, 1.54) is 12.1 Å². The number of nitrogens with two attached hydrogens (primary N) is 1. The molecule has 146 valence electrons. The van der Waals surface area contributed by atoms with E-state index in [1.54, 1.807) is 6.92 Å². The molecule has 0 fully saturated rings. The fourth-order valence-electron chi connectivity index (χ4n) is 3.04. The Bertz CT molecular complexity index is 1010. The van der Waals surface area contributed by atoms with Gasteiger partial charge in [-0.25, -0.2) is 11.3 Å². The van der Waals surface area contributed by atoms with Crippen LogP contribution in [0.5, 0.6) is 0 Å². The van der Waals surface area contributed by atoms with E-state index in [0.717, 1.165) is 12.5 Å². The number of nitrogens with zero attached hydrogens (tertiary/aromatic N) is 2. The molecule has 0 atom stereocenters. The lowest BCUT2D eigenvalue weighted by Gasteiger charge is -2.13. The summed E-state index contributed by atoms with van der Waals surface area (Å²) in [6.45, 7) is 1.71. The van der Waals surface area contributed by atoms with E-state index < -0.39 is 16.7 Å².